The van der Waals surface area contributed by atoms with E-state index in [0.717, 1.165) is 24.5 Å². The molecule has 2 aromatic heterocycles. The topological polar surface area (TPSA) is 90.7 Å². The van der Waals surface area contributed by atoms with Crippen molar-refractivity contribution in [3.8, 4) is 17.3 Å². The lowest BCUT2D eigenvalue weighted by Crippen LogP contribution is -2.36. The van der Waals surface area contributed by atoms with E-state index in [1.54, 1.807) is 17.1 Å². The van der Waals surface area contributed by atoms with Gasteiger partial charge in [0.1, 0.15) is 11.5 Å². The second kappa shape index (κ2) is 11.2. The minimum atomic E-state index is -0.265. The summed E-state index contributed by atoms with van der Waals surface area (Å²) in [5.74, 6) is 1.74. The molecular formula is C26H33N5O4. The summed E-state index contributed by atoms with van der Waals surface area (Å²) in [6.45, 7) is 11.7. The molecule has 0 unspecified atom stereocenters. The van der Waals surface area contributed by atoms with Gasteiger partial charge in [-0.25, -0.2) is 9.67 Å². The van der Waals surface area contributed by atoms with Crippen molar-refractivity contribution in [3.05, 3.63) is 54.0 Å². The molecule has 0 bridgehead atoms. The lowest BCUT2D eigenvalue weighted by atomic mass is 10.1. The van der Waals surface area contributed by atoms with Gasteiger partial charge in [-0.05, 0) is 31.9 Å². The van der Waals surface area contributed by atoms with Crippen LogP contribution in [0, 0.1) is 0 Å². The fourth-order valence-corrected chi connectivity index (χ4v) is 4.18. The highest BCUT2D eigenvalue weighted by atomic mass is 16.5. The standard InChI is InChI=1S/C26H33N5O4/c1-5-34-22-16-21(30-11-13-33-14-12-30)23(35-6-2)15-20(22)29-26(32)19-17-28-31(25(19)18(3)4)24-9-7-8-10-27-24/h7-10,15-18H,5-6,11-14H2,1-4H3,(H,29,32). The Labute approximate surface area is 206 Å². The van der Waals surface area contributed by atoms with Crippen LogP contribution in [-0.4, -0.2) is 60.2 Å². The van der Waals surface area contributed by atoms with Gasteiger partial charge < -0.3 is 24.4 Å². The molecule has 1 aromatic carbocycles. The number of ether oxygens (including phenoxy) is 3. The van der Waals surface area contributed by atoms with Crippen LogP contribution >= 0.6 is 0 Å². The van der Waals surface area contributed by atoms with Crippen molar-refractivity contribution in [2.75, 3.05) is 49.7 Å². The van der Waals surface area contributed by atoms with Crippen LogP contribution in [0.2, 0.25) is 0 Å². The lowest BCUT2D eigenvalue weighted by Gasteiger charge is -2.31. The molecule has 0 aliphatic carbocycles. The zero-order valence-electron chi connectivity index (χ0n) is 20.8. The maximum Gasteiger partial charge on any atom is 0.259 e. The van der Waals surface area contributed by atoms with Gasteiger partial charge in [-0.3, -0.25) is 4.79 Å². The molecule has 3 heterocycles. The summed E-state index contributed by atoms with van der Waals surface area (Å²) in [6, 6.07) is 9.40. The highest BCUT2D eigenvalue weighted by Crippen LogP contribution is 2.39. The third-order valence-electron chi connectivity index (χ3n) is 5.73. The van der Waals surface area contributed by atoms with E-state index in [9.17, 15) is 4.79 Å². The monoisotopic (exact) mass is 479 g/mol. The number of nitrogens with zero attached hydrogens (tertiary/aromatic N) is 4. The van der Waals surface area contributed by atoms with Gasteiger partial charge in [0, 0.05) is 31.4 Å². The Morgan fingerprint density at radius 1 is 1.11 bits per heavy atom. The first-order chi connectivity index (χ1) is 17.0. The summed E-state index contributed by atoms with van der Waals surface area (Å²) < 4.78 is 19.1. The molecular weight excluding hydrogens is 446 g/mol. The molecule has 186 valence electrons. The molecule has 1 amide bonds. The fraction of sp³-hybridized carbons (Fsp3) is 0.423. The number of benzene rings is 1. The maximum absolute atomic E-state index is 13.5. The third-order valence-corrected chi connectivity index (χ3v) is 5.73. The van der Waals surface area contributed by atoms with Crippen molar-refractivity contribution in [1.82, 2.24) is 14.8 Å². The first-order valence-corrected chi connectivity index (χ1v) is 12.1. The Morgan fingerprint density at radius 3 is 2.51 bits per heavy atom. The molecule has 1 fully saturated rings. The van der Waals surface area contributed by atoms with Crippen LogP contribution in [0.25, 0.3) is 5.82 Å². The number of carbonyl (C=O) groups excluding carboxylic acids is 1. The Balaban J connectivity index is 1.69. The first kappa shape index (κ1) is 24.5. The minimum absolute atomic E-state index is 0.0503. The molecule has 0 atom stereocenters. The fourth-order valence-electron chi connectivity index (χ4n) is 4.18. The zero-order valence-corrected chi connectivity index (χ0v) is 20.8. The quantitative estimate of drug-likeness (QED) is 0.490. The van der Waals surface area contributed by atoms with Gasteiger partial charge in [-0.1, -0.05) is 19.9 Å². The molecule has 3 aromatic rings. The third kappa shape index (κ3) is 5.40. The van der Waals surface area contributed by atoms with E-state index >= 15 is 0 Å². The molecule has 0 radical (unpaired) electrons. The van der Waals surface area contributed by atoms with Crippen molar-refractivity contribution < 1.29 is 19.0 Å². The summed E-state index contributed by atoms with van der Waals surface area (Å²) in [7, 11) is 0. The molecule has 0 spiro atoms. The van der Waals surface area contributed by atoms with Crippen molar-refractivity contribution in [3.63, 3.8) is 0 Å². The van der Waals surface area contributed by atoms with Crippen LogP contribution in [0.15, 0.2) is 42.7 Å². The summed E-state index contributed by atoms with van der Waals surface area (Å²) in [5.41, 5.74) is 2.76. The Kier molecular flexibility index (Phi) is 7.87. The Bertz CT molecular complexity index is 1140. The van der Waals surface area contributed by atoms with Crippen LogP contribution in [0.5, 0.6) is 11.5 Å². The van der Waals surface area contributed by atoms with E-state index in [2.05, 4.69) is 20.3 Å². The zero-order chi connectivity index (χ0) is 24.8. The Hall–Kier alpha value is -3.59. The number of rotatable bonds is 9. The van der Waals surface area contributed by atoms with Crippen molar-refractivity contribution in [2.24, 2.45) is 0 Å². The molecule has 4 rings (SSSR count). The first-order valence-electron chi connectivity index (χ1n) is 12.1. The van der Waals surface area contributed by atoms with Gasteiger partial charge in [0.15, 0.2) is 5.82 Å². The number of anilines is 2. The number of hydrogen-bond acceptors (Lipinski definition) is 7. The van der Waals surface area contributed by atoms with E-state index in [1.165, 1.54) is 0 Å². The van der Waals surface area contributed by atoms with Crippen molar-refractivity contribution in [2.45, 2.75) is 33.6 Å². The van der Waals surface area contributed by atoms with E-state index in [0.29, 0.717) is 55.0 Å². The van der Waals surface area contributed by atoms with Crippen molar-refractivity contribution >= 4 is 17.3 Å². The number of carbonyl (C=O) groups is 1. The summed E-state index contributed by atoms with van der Waals surface area (Å²) in [4.78, 5) is 20.1. The number of morpholine rings is 1. The van der Waals surface area contributed by atoms with E-state index < -0.39 is 0 Å². The highest BCUT2D eigenvalue weighted by molar-refractivity contribution is 6.06. The van der Waals surface area contributed by atoms with Crippen LogP contribution in [0.4, 0.5) is 11.4 Å². The summed E-state index contributed by atoms with van der Waals surface area (Å²) in [6.07, 6.45) is 3.30. The second-order valence-corrected chi connectivity index (χ2v) is 8.43. The summed E-state index contributed by atoms with van der Waals surface area (Å²) in [5, 5.41) is 7.51. The minimum Gasteiger partial charge on any atom is -0.492 e. The lowest BCUT2D eigenvalue weighted by molar-refractivity contribution is 0.102. The SMILES string of the molecule is CCOc1cc(N2CCOCC2)c(OCC)cc1NC(=O)c1cnn(-c2ccccn2)c1C(C)C. The molecule has 1 N–H and O–H groups in total. The van der Waals surface area contributed by atoms with E-state index in [-0.39, 0.29) is 11.8 Å². The van der Waals surface area contributed by atoms with Gasteiger partial charge in [-0.15, -0.1) is 0 Å². The molecule has 1 saturated heterocycles. The Morgan fingerprint density at radius 2 is 1.86 bits per heavy atom. The molecule has 0 saturated carbocycles. The van der Waals surface area contributed by atoms with E-state index in [4.69, 9.17) is 14.2 Å². The van der Waals surface area contributed by atoms with Crippen LogP contribution in [0.3, 0.4) is 0 Å². The molecule has 9 heteroatoms. The number of aromatic nitrogens is 3. The van der Waals surface area contributed by atoms with Gasteiger partial charge in [0.2, 0.25) is 0 Å². The van der Waals surface area contributed by atoms with E-state index in [1.807, 2.05) is 58.0 Å². The molecule has 9 nitrogen and oxygen atoms in total. The van der Waals surface area contributed by atoms with Crippen LogP contribution in [-0.2, 0) is 4.74 Å². The smallest absolute Gasteiger partial charge is 0.259 e. The van der Waals surface area contributed by atoms with Crippen molar-refractivity contribution in [1.29, 1.82) is 0 Å². The van der Waals surface area contributed by atoms with Crippen LogP contribution < -0.4 is 19.7 Å². The predicted octanol–water partition coefficient (Wildman–Crippen LogP) is 4.28. The van der Waals surface area contributed by atoms with Gasteiger partial charge >= 0.3 is 0 Å². The van der Waals surface area contributed by atoms with Gasteiger partial charge in [-0.2, -0.15) is 5.10 Å². The number of pyridine rings is 1. The molecule has 1 aliphatic heterocycles. The number of hydrogen-bond donors (Lipinski definition) is 1. The average Bonchev–Trinajstić information content (AvgIpc) is 3.33. The maximum atomic E-state index is 13.5. The van der Waals surface area contributed by atoms with Gasteiger partial charge in [0.25, 0.3) is 5.91 Å². The molecule has 1 aliphatic rings. The predicted molar refractivity (Wildman–Crippen MR) is 135 cm³/mol. The summed E-state index contributed by atoms with van der Waals surface area (Å²) >= 11 is 0. The highest BCUT2D eigenvalue weighted by Gasteiger charge is 2.24. The average molecular weight is 480 g/mol. The van der Waals surface area contributed by atoms with Crippen LogP contribution in [0.1, 0.15) is 49.7 Å². The second-order valence-electron chi connectivity index (χ2n) is 8.43. The number of nitrogens with one attached hydrogen (secondary N) is 1. The normalized spacial score (nSPS) is 13.7. The largest absolute Gasteiger partial charge is 0.492 e. The number of amides is 1. The molecule has 35 heavy (non-hydrogen) atoms. The van der Waals surface area contributed by atoms with Gasteiger partial charge in [0.05, 0.1) is 55.3 Å².